The Kier molecular flexibility index (Phi) is 8.27. The zero-order valence-corrected chi connectivity index (χ0v) is 13.5. The molecule has 0 aliphatic rings. The van der Waals surface area contributed by atoms with Crippen molar-refractivity contribution in [3.05, 3.63) is 29.6 Å². The molecule has 0 aliphatic heterocycles. The van der Waals surface area contributed by atoms with E-state index in [0.717, 1.165) is 12.2 Å². The van der Waals surface area contributed by atoms with Crippen LogP contribution in [0.15, 0.2) is 18.2 Å². The van der Waals surface area contributed by atoms with Crippen LogP contribution >= 0.6 is 0 Å². The molecular formula is C16H27FN2O2. The van der Waals surface area contributed by atoms with Gasteiger partial charge in [0.25, 0.3) is 0 Å². The molecule has 0 spiro atoms. The van der Waals surface area contributed by atoms with Gasteiger partial charge in [0.2, 0.25) is 0 Å². The minimum absolute atomic E-state index is 0.180. The van der Waals surface area contributed by atoms with E-state index >= 15 is 0 Å². The number of methoxy groups -OCH3 is 2. The summed E-state index contributed by atoms with van der Waals surface area (Å²) in [7, 11) is 3.33. The molecule has 0 atom stereocenters. The summed E-state index contributed by atoms with van der Waals surface area (Å²) >= 11 is 0. The van der Waals surface area contributed by atoms with Crippen LogP contribution in [0.4, 0.5) is 10.1 Å². The van der Waals surface area contributed by atoms with E-state index in [4.69, 9.17) is 9.47 Å². The summed E-state index contributed by atoms with van der Waals surface area (Å²) in [5.74, 6) is -0.180. The van der Waals surface area contributed by atoms with Gasteiger partial charge in [0.1, 0.15) is 5.82 Å². The van der Waals surface area contributed by atoms with Crippen LogP contribution in [0.5, 0.6) is 0 Å². The number of rotatable bonds is 10. The molecule has 120 valence electrons. The highest BCUT2D eigenvalue weighted by Gasteiger charge is 2.16. The predicted octanol–water partition coefficient (Wildman–Crippen LogP) is 2.42. The van der Waals surface area contributed by atoms with Crippen molar-refractivity contribution in [2.45, 2.75) is 26.4 Å². The fraction of sp³-hybridized carbons (Fsp3) is 0.625. The number of nitrogens with one attached hydrogen (secondary N) is 1. The van der Waals surface area contributed by atoms with E-state index in [1.54, 1.807) is 20.3 Å². The van der Waals surface area contributed by atoms with Crippen molar-refractivity contribution in [1.29, 1.82) is 0 Å². The molecule has 0 radical (unpaired) electrons. The highest BCUT2D eigenvalue weighted by molar-refractivity contribution is 5.55. The van der Waals surface area contributed by atoms with Crippen molar-refractivity contribution in [1.82, 2.24) is 5.32 Å². The van der Waals surface area contributed by atoms with Crippen molar-refractivity contribution < 1.29 is 13.9 Å². The normalized spacial score (nSPS) is 11.1. The van der Waals surface area contributed by atoms with Crippen molar-refractivity contribution in [2.24, 2.45) is 0 Å². The Labute approximate surface area is 127 Å². The Bertz CT molecular complexity index is 413. The van der Waals surface area contributed by atoms with Gasteiger partial charge in [-0.05, 0) is 26.0 Å². The van der Waals surface area contributed by atoms with Crippen LogP contribution in [0.25, 0.3) is 0 Å². The molecule has 0 unspecified atom stereocenters. The molecule has 1 N–H and O–H groups in total. The van der Waals surface area contributed by atoms with Gasteiger partial charge >= 0.3 is 0 Å². The molecule has 4 nitrogen and oxygen atoms in total. The first-order valence-electron chi connectivity index (χ1n) is 7.34. The van der Waals surface area contributed by atoms with Gasteiger partial charge in [-0.25, -0.2) is 4.39 Å². The third-order valence-electron chi connectivity index (χ3n) is 3.35. The average molecular weight is 298 g/mol. The first kappa shape index (κ1) is 17.9. The first-order valence-corrected chi connectivity index (χ1v) is 7.34. The van der Waals surface area contributed by atoms with Gasteiger partial charge in [0.05, 0.1) is 13.2 Å². The molecule has 0 aliphatic carbocycles. The molecule has 0 fully saturated rings. The molecule has 21 heavy (non-hydrogen) atoms. The second kappa shape index (κ2) is 9.71. The number of benzene rings is 1. The van der Waals surface area contributed by atoms with Crippen LogP contribution in [-0.4, -0.2) is 46.6 Å². The molecule has 0 saturated carbocycles. The lowest BCUT2D eigenvalue weighted by Crippen LogP contribution is -2.35. The lowest BCUT2D eigenvalue weighted by Gasteiger charge is -2.31. The minimum atomic E-state index is -0.180. The van der Waals surface area contributed by atoms with Crippen LogP contribution in [0.1, 0.15) is 19.4 Å². The molecule has 0 amide bonds. The van der Waals surface area contributed by atoms with Crippen LogP contribution in [0.2, 0.25) is 0 Å². The van der Waals surface area contributed by atoms with E-state index in [1.807, 2.05) is 6.07 Å². The second-order valence-electron chi connectivity index (χ2n) is 5.19. The number of nitrogens with zero attached hydrogens (tertiary/aromatic N) is 1. The van der Waals surface area contributed by atoms with E-state index < -0.39 is 0 Å². The fourth-order valence-electron chi connectivity index (χ4n) is 2.23. The number of anilines is 1. The summed E-state index contributed by atoms with van der Waals surface area (Å²) in [6, 6.07) is 5.50. The Morgan fingerprint density at radius 2 is 1.90 bits per heavy atom. The first-order chi connectivity index (χ1) is 10.1. The lowest BCUT2D eigenvalue weighted by molar-refractivity contribution is 0.199. The molecular weight excluding hydrogens is 271 g/mol. The number of hydrogen-bond acceptors (Lipinski definition) is 4. The summed E-state index contributed by atoms with van der Waals surface area (Å²) in [4.78, 5) is 2.17. The zero-order chi connectivity index (χ0) is 15.7. The van der Waals surface area contributed by atoms with Crippen LogP contribution in [0.3, 0.4) is 0 Å². The predicted molar refractivity (Wildman–Crippen MR) is 84.3 cm³/mol. The maximum absolute atomic E-state index is 14.2. The molecule has 0 bridgehead atoms. The lowest BCUT2D eigenvalue weighted by atomic mass is 10.1. The van der Waals surface area contributed by atoms with Gasteiger partial charge < -0.3 is 19.7 Å². The standard InChI is InChI=1S/C16H27FN2O2/c1-13(2)19(9-11-21-4)16-7-5-6-15(17)14(16)12-18-8-10-20-3/h5-7,13,18H,8-12H2,1-4H3. The molecule has 5 heteroatoms. The maximum Gasteiger partial charge on any atom is 0.129 e. The maximum atomic E-state index is 14.2. The van der Waals surface area contributed by atoms with Crippen LogP contribution in [0, 0.1) is 5.82 Å². The van der Waals surface area contributed by atoms with Gasteiger partial charge in [0, 0.05) is 51.1 Å². The van der Waals surface area contributed by atoms with Crippen molar-refractivity contribution in [3.63, 3.8) is 0 Å². The number of halogens is 1. The molecule has 1 aromatic rings. The summed E-state index contributed by atoms with van der Waals surface area (Å²) in [5.41, 5.74) is 1.62. The van der Waals surface area contributed by atoms with E-state index in [2.05, 4.69) is 24.1 Å². The summed E-state index contributed by atoms with van der Waals surface area (Å²) < 4.78 is 24.3. The minimum Gasteiger partial charge on any atom is -0.383 e. The third kappa shape index (κ3) is 5.61. The van der Waals surface area contributed by atoms with Gasteiger partial charge in [-0.1, -0.05) is 6.07 Å². The van der Waals surface area contributed by atoms with Crippen LogP contribution < -0.4 is 10.2 Å². The van der Waals surface area contributed by atoms with Crippen molar-refractivity contribution >= 4 is 5.69 Å². The summed E-state index contributed by atoms with van der Waals surface area (Å²) in [6.45, 7) is 7.35. The topological polar surface area (TPSA) is 33.7 Å². The van der Waals surface area contributed by atoms with E-state index in [0.29, 0.717) is 31.9 Å². The van der Waals surface area contributed by atoms with Crippen molar-refractivity contribution in [2.75, 3.05) is 45.4 Å². The smallest absolute Gasteiger partial charge is 0.129 e. The van der Waals surface area contributed by atoms with Gasteiger partial charge in [-0.15, -0.1) is 0 Å². The van der Waals surface area contributed by atoms with Crippen LogP contribution in [-0.2, 0) is 16.0 Å². The van der Waals surface area contributed by atoms with E-state index in [1.165, 1.54) is 6.07 Å². The Balaban J connectivity index is 2.89. The monoisotopic (exact) mass is 298 g/mol. The fourth-order valence-corrected chi connectivity index (χ4v) is 2.23. The third-order valence-corrected chi connectivity index (χ3v) is 3.35. The van der Waals surface area contributed by atoms with E-state index in [-0.39, 0.29) is 11.9 Å². The second-order valence-corrected chi connectivity index (χ2v) is 5.19. The Morgan fingerprint density at radius 1 is 1.19 bits per heavy atom. The largest absolute Gasteiger partial charge is 0.383 e. The number of ether oxygens (including phenoxy) is 2. The van der Waals surface area contributed by atoms with Gasteiger partial charge in [0.15, 0.2) is 0 Å². The SMILES string of the molecule is COCCNCc1c(F)cccc1N(CCOC)C(C)C. The zero-order valence-electron chi connectivity index (χ0n) is 13.5. The van der Waals surface area contributed by atoms with Crippen molar-refractivity contribution in [3.8, 4) is 0 Å². The average Bonchev–Trinajstić information content (AvgIpc) is 2.45. The van der Waals surface area contributed by atoms with Gasteiger partial charge in [-0.2, -0.15) is 0 Å². The molecule has 1 aromatic carbocycles. The molecule has 0 saturated heterocycles. The summed E-state index contributed by atoms with van der Waals surface area (Å²) in [6.07, 6.45) is 0. The molecule has 0 heterocycles. The van der Waals surface area contributed by atoms with E-state index in [9.17, 15) is 4.39 Å². The summed E-state index contributed by atoms with van der Waals surface area (Å²) in [5, 5.41) is 3.21. The number of hydrogen-bond donors (Lipinski definition) is 1. The molecule has 1 rings (SSSR count). The highest BCUT2D eigenvalue weighted by Crippen LogP contribution is 2.25. The molecule has 0 aromatic heterocycles. The van der Waals surface area contributed by atoms with Gasteiger partial charge in [-0.3, -0.25) is 0 Å². The quantitative estimate of drug-likeness (QED) is 0.673. The Hall–Kier alpha value is -1.17. The Morgan fingerprint density at radius 3 is 2.52 bits per heavy atom. The highest BCUT2D eigenvalue weighted by atomic mass is 19.1.